The van der Waals surface area contributed by atoms with Crippen molar-refractivity contribution in [2.45, 2.75) is 19.8 Å². The van der Waals surface area contributed by atoms with Crippen LogP contribution in [0, 0.1) is 0 Å². The summed E-state index contributed by atoms with van der Waals surface area (Å²) >= 11 is 0. The summed E-state index contributed by atoms with van der Waals surface area (Å²) in [7, 11) is 3.50. The Balaban J connectivity index is 3.10. The van der Waals surface area contributed by atoms with Crippen molar-refractivity contribution < 1.29 is 9.53 Å². The molecule has 0 saturated carbocycles. The molecule has 0 aliphatic heterocycles. The van der Waals surface area contributed by atoms with Crippen LogP contribution in [0.25, 0.3) is 0 Å². The van der Waals surface area contributed by atoms with Crippen LogP contribution >= 0.6 is 0 Å². The lowest BCUT2D eigenvalue weighted by Crippen LogP contribution is -2.34. The number of carbonyl (C=O) groups is 1. The highest BCUT2D eigenvalue weighted by molar-refractivity contribution is 5.77. The third kappa shape index (κ3) is 8.01. The third-order valence-corrected chi connectivity index (χ3v) is 1.84. The van der Waals surface area contributed by atoms with Gasteiger partial charge in [0.1, 0.15) is 0 Å². The first-order valence-corrected chi connectivity index (χ1v) is 5.17. The molecule has 1 N–H and O–H groups in total. The fourth-order valence-corrected chi connectivity index (χ4v) is 0.846. The van der Waals surface area contributed by atoms with Crippen molar-refractivity contribution in [3.8, 4) is 0 Å². The van der Waals surface area contributed by atoms with Crippen LogP contribution in [0.1, 0.15) is 19.8 Å². The molecule has 0 rings (SSSR count). The van der Waals surface area contributed by atoms with E-state index in [1.165, 1.54) is 0 Å². The number of hydrogen-bond acceptors (Lipinski definition) is 3. The average molecular weight is 202 g/mol. The maximum atomic E-state index is 11.1. The number of unbranched alkanes of at least 4 members (excludes halogenated alkanes) is 1. The third-order valence-electron chi connectivity index (χ3n) is 1.84. The second-order valence-electron chi connectivity index (χ2n) is 3.43. The molecule has 0 aromatic heterocycles. The van der Waals surface area contributed by atoms with Crippen molar-refractivity contribution in [2.24, 2.45) is 0 Å². The van der Waals surface area contributed by atoms with Crippen molar-refractivity contribution in [3.63, 3.8) is 0 Å². The molecule has 0 fully saturated rings. The van der Waals surface area contributed by atoms with Crippen LogP contribution in [0.5, 0.6) is 0 Å². The molecule has 0 heterocycles. The molecule has 1 amide bonds. The van der Waals surface area contributed by atoms with Crippen molar-refractivity contribution in [1.29, 1.82) is 0 Å². The van der Waals surface area contributed by atoms with Crippen molar-refractivity contribution >= 4 is 5.91 Å². The van der Waals surface area contributed by atoms with E-state index in [1.54, 1.807) is 19.0 Å². The van der Waals surface area contributed by atoms with Crippen LogP contribution in [0.3, 0.4) is 0 Å². The predicted molar refractivity (Wildman–Crippen MR) is 57.3 cm³/mol. The van der Waals surface area contributed by atoms with E-state index in [2.05, 4.69) is 12.2 Å². The smallest absolute Gasteiger partial charge is 0.236 e. The van der Waals surface area contributed by atoms with Gasteiger partial charge in [-0.3, -0.25) is 4.79 Å². The van der Waals surface area contributed by atoms with Gasteiger partial charge in [0, 0.05) is 27.2 Å². The fraction of sp³-hybridized carbons (Fsp3) is 0.900. The Hall–Kier alpha value is -0.610. The Morgan fingerprint density at radius 1 is 1.36 bits per heavy atom. The fourth-order valence-electron chi connectivity index (χ4n) is 0.846. The average Bonchev–Trinajstić information content (AvgIpc) is 2.16. The second kappa shape index (κ2) is 8.97. The lowest BCUT2D eigenvalue weighted by Gasteiger charge is -2.10. The summed E-state index contributed by atoms with van der Waals surface area (Å²) in [6.07, 6.45) is 2.27. The minimum Gasteiger partial charge on any atom is -0.380 e. The minimum atomic E-state index is 0.0959. The van der Waals surface area contributed by atoms with Crippen molar-refractivity contribution in [3.05, 3.63) is 0 Å². The number of amides is 1. The van der Waals surface area contributed by atoms with Crippen LogP contribution < -0.4 is 5.32 Å². The lowest BCUT2D eigenvalue weighted by molar-refractivity contribution is -0.127. The molecule has 84 valence electrons. The first-order chi connectivity index (χ1) is 6.68. The van der Waals surface area contributed by atoms with E-state index < -0.39 is 0 Å². The summed E-state index contributed by atoms with van der Waals surface area (Å²) in [6.45, 7) is 4.77. The molecule has 0 unspecified atom stereocenters. The molecule has 4 nitrogen and oxygen atoms in total. The first-order valence-electron chi connectivity index (χ1n) is 5.17. The highest BCUT2D eigenvalue weighted by Gasteiger charge is 2.01. The zero-order valence-electron chi connectivity index (χ0n) is 9.51. The van der Waals surface area contributed by atoms with Gasteiger partial charge in [-0.25, -0.2) is 0 Å². The quantitative estimate of drug-likeness (QED) is 0.582. The van der Waals surface area contributed by atoms with Crippen molar-refractivity contribution in [2.75, 3.05) is 40.4 Å². The molecule has 0 spiro atoms. The second-order valence-corrected chi connectivity index (χ2v) is 3.43. The first kappa shape index (κ1) is 13.4. The molecule has 0 aromatic rings. The van der Waals surface area contributed by atoms with Crippen LogP contribution in [0.4, 0.5) is 0 Å². The number of nitrogens with zero attached hydrogens (tertiary/aromatic N) is 1. The van der Waals surface area contributed by atoms with E-state index in [0.717, 1.165) is 26.0 Å². The summed E-state index contributed by atoms with van der Waals surface area (Å²) < 4.78 is 5.33. The Bertz CT molecular complexity index is 149. The van der Waals surface area contributed by atoms with Crippen LogP contribution in [-0.4, -0.2) is 51.2 Å². The Morgan fingerprint density at radius 2 is 2.07 bits per heavy atom. The highest BCUT2D eigenvalue weighted by Crippen LogP contribution is 1.86. The number of nitrogens with one attached hydrogen (secondary N) is 1. The number of ether oxygens (including phenoxy) is 1. The van der Waals surface area contributed by atoms with Gasteiger partial charge in [-0.15, -0.1) is 0 Å². The van der Waals surface area contributed by atoms with E-state index in [1.807, 2.05) is 0 Å². The Morgan fingerprint density at radius 3 is 2.64 bits per heavy atom. The zero-order valence-corrected chi connectivity index (χ0v) is 9.51. The van der Waals surface area contributed by atoms with Gasteiger partial charge >= 0.3 is 0 Å². The van der Waals surface area contributed by atoms with Gasteiger partial charge in [-0.05, 0) is 6.42 Å². The molecule has 14 heavy (non-hydrogen) atoms. The van der Waals surface area contributed by atoms with E-state index in [4.69, 9.17) is 4.74 Å². The van der Waals surface area contributed by atoms with Gasteiger partial charge < -0.3 is 15.0 Å². The standard InChI is InChI=1S/C10H22N2O2/c1-4-5-7-14-8-6-11-9-10(13)12(2)3/h11H,4-9H2,1-3H3. The molecule has 4 heteroatoms. The Kier molecular flexibility index (Phi) is 8.57. The molecule has 0 radical (unpaired) electrons. The predicted octanol–water partition coefficient (Wildman–Crippen LogP) is 0.481. The number of hydrogen-bond donors (Lipinski definition) is 1. The van der Waals surface area contributed by atoms with Crippen LogP contribution in [-0.2, 0) is 9.53 Å². The highest BCUT2D eigenvalue weighted by atomic mass is 16.5. The topological polar surface area (TPSA) is 41.6 Å². The molecule has 0 bridgehead atoms. The largest absolute Gasteiger partial charge is 0.380 e. The SMILES string of the molecule is CCCCOCCNCC(=O)N(C)C. The van der Waals surface area contributed by atoms with Crippen molar-refractivity contribution in [1.82, 2.24) is 10.2 Å². The molecular weight excluding hydrogens is 180 g/mol. The van der Waals surface area contributed by atoms with E-state index in [9.17, 15) is 4.79 Å². The van der Waals surface area contributed by atoms with Gasteiger partial charge in [-0.1, -0.05) is 13.3 Å². The van der Waals surface area contributed by atoms with Gasteiger partial charge in [0.05, 0.1) is 13.2 Å². The van der Waals surface area contributed by atoms with Crippen LogP contribution in [0.15, 0.2) is 0 Å². The van der Waals surface area contributed by atoms with Gasteiger partial charge in [0.15, 0.2) is 0 Å². The van der Waals surface area contributed by atoms with Crippen LogP contribution in [0.2, 0.25) is 0 Å². The minimum absolute atomic E-state index is 0.0959. The summed E-state index contributed by atoms with van der Waals surface area (Å²) in [5, 5.41) is 3.03. The molecule has 0 aliphatic rings. The molecule has 0 aliphatic carbocycles. The normalized spacial score (nSPS) is 10.2. The summed E-state index contributed by atoms with van der Waals surface area (Å²) in [5.41, 5.74) is 0. The van der Waals surface area contributed by atoms with Gasteiger partial charge in [0.2, 0.25) is 5.91 Å². The zero-order chi connectivity index (χ0) is 10.8. The molecular formula is C10H22N2O2. The maximum absolute atomic E-state index is 11.1. The summed E-state index contributed by atoms with van der Waals surface area (Å²) in [4.78, 5) is 12.7. The molecule has 0 atom stereocenters. The van der Waals surface area contributed by atoms with E-state index in [0.29, 0.717) is 13.2 Å². The summed E-state index contributed by atoms with van der Waals surface area (Å²) in [5.74, 6) is 0.0959. The van der Waals surface area contributed by atoms with E-state index >= 15 is 0 Å². The Labute approximate surface area is 86.6 Å². The van der Waals surface area contributed by atoms with E-state index in [-0.39, 0.29) is 5.91 Å². The molecule has 0 aromatic carbocycles. The summed E-state index contributed by atoms with van der Waals surface area (Å²) in [6, 6.07) is 0. The number of likely N-dealkylation sites (N-methyl/N-ethyl adjacent to an activating group) is 1. The molecule has 0 saturated heterocycles. The maximum Gasteiger partial charge on any atom is 0.236 e. The number of rotatable bonds is 8. The lowest BCUT2D eigenvalue weighted by atomic mass is 10.4. The van der Waals surface area contributed by atoms with Gasteiger partial charge in [-0.2, -0.15) is 0 Å². The monoisotopic (exact) mass is 202 g/mol. The number of carbonyl (C=O) groups excluding carboxylic acids is 1. The van der Waals surface area contributed by atoms with Gasteiger partial charge in [0.25, 0.3) is 0 Å².